The molecule has 8 heteroatoms. The Morgan fingerprint density at radius 1 is 0.579 bits per heavy atom. The monoisotopic (exact) mass is 560 g/mol. The standard InChI is InChI=1S/C30H36N2O4.2ClH/c1-31(2)21-25-15-16-26(22-32(3)4)28(18-20-36-30(34)24-13-9-6-10-14-24)27(25)17-19-35-29(33)23-11-7-5-8-12-23;;/h5-16H,17-22H2,1-4H3;2*1H. The molecular weight excluding hydrogens is 523 g/mol. The van der Waals surface area contributed by atoms with Crippen molar-refractivity contribution in [3.05, 3.63) is 106 Å². The first kappa shape index (κ1) is 33.1. The molecule has 0 spiro atoms. The molecule has 0 atom stereocenters. The number of halogens is 2. The van der Waals surface area contributed by atoms with Gasteiger partial charge in [0.05, 0.1) is 24.3 Å². The molecule has 206 valence electrons. The Kier molecular flexibility index (Phi) is 14.7. The Morgan fingerprint density at radius 2 is 0.921 bits per heavy atom. The zero-order chi connectivity index (χ0) is 25.9. The normalized spacial score (nSPS) is 10.5. The fourth-order valence-corrected chi connectivity index (χ4v) is 4.20. The van der Waals surface area contributed by atoms with Crippen LogP contribution in [0, 0.1) is 0 Å². The lowest BCUT2D eigenvalue weighted by Gasteiger charge is -2.23. The summed E-state index contributed by atoms with van der Waals surface area (Å²) in [5.41, 5.74) is 5.76. The molecule has 3 rings (SSSR count). The highest BCUT2D eigenvalue weighted by atomic mass is 35.5. The van der Waals surface area contributed by atoms with Crippen LogP contribution >= 0.6 is 24.8 Å². The second-order valence-electron chi connectivity index (χ2n) is 9.32. The average Bonchev–Trinajstić information content (AvgIpc) is 2.87. The third-order valence-corrected chi connectivity index (χ3v) is 5.79. The Balaban J connectivity index is 0.00000361. The first-order chi connectivity index (χ1) is 17.3. The maximum atomic E-state index is 12.5. The molecule has 0 amide bonds. The van der Waals surface area contributed by atoms with E-state index in [9.17, 15) is 9.59 Å². The molecule has 0 unspecified atom stereocenters. The second-order valence-corrected chi connectivity index (χ2v) is 9.32. The van der Waals surface area contributed by atoms with E-state index in [-0.39, 0.29) is 50.0 Å². The molecule has 6 nitrogen and oxygen atoms in total. The van der Waals surface area contributed by atoms with Gasteiger partial charge in [-0.3, -0.25) is 0 Å². The smallest absolute Gasteiger partial charge is 0.338 e. The molecule has 0 aliphatic carbocycles. The molecule has 0 heterocycles. The minimum Gasteiger partial charge on any atom is -0.462 e. The zero-order valence-electron chi connectivity index (χ0n) is 22.5. The van der Waals surface area contributed by atoms with Crippen LogP contribution in [0.5, 0.6) is 0 Å². The van der Waals surface area contributed by atoms with E-state index in [4.69, 9.17) is 9.47 Å². The van der Waals surface area contributed by atoms with Crippen LogP contribution in [0.3, 0.4) is 0 Å². The minimum atomic E-state index is -0.326. The van der Waals surface area contributed by atoms with Crippen molar-refractivity contribution < 1.29 is 19.1 Å². The van der Waals surface area contributed by atoms with Crippen LogP contribution in [0.4, 0.5) is 0 Å². The van der Waals surface area contributed by atoms with E-state index >= 15 is 0 Å². The van der Waals surface area contributed by atoms with E-state index in [1.54, 1.807) is 24.3 Å². The number of esters is 2. The number of nitrogens with zero attached hydrogens (tertiary/aromatic N) is 2. The Morgan fingerprint density at radius 3 is 1.24 bits per heavy atom. The van der Waals surface area contributed by atoms with Crippen molar-refractivity contribution in [2.75, 3.05) is 41.4 Å². The molecule has 3 aromatic carbocycles. The summed E-state index contributed by atoms with van der Waals surface area (Å²) in [6, 6.07) is 22.4. The van der Waals surface area contributed by atoms with Crippen LogP contribution in [-0.4, -0.2) is 63.1 Å². The number of carbonyl (C=O) groups excluding carboxylic acids is 2. The summed E-state index contributed by atoms with van der Waals surface area (Å²) in [5.74, 6) is -0.653. The molecule has 0 N–H and O–H groups in total. The third-order valence-electron chi connectivity index (χ3n) is 5.79. The first-order valence-corrected chi connectivity index (χ1v) is 12.2. The number of hydrogen-bond acceptors (Lipinski definition) is 6. The number of rotatable bonds is 12. The average molecular weight is 562 g/mol. The molecule has 0 aliphatic rings. The summed E-state index contributed by atoms with van der Waals surface area (Å²) in [4.78, 5) is 29.2. The van der Waals surface area contributed by atoms with Crippen LogP contribution < -0.4 is 0 Å². The SMILES string of the molecule is CN(C)Cc1ccc(CN(C)C)c(CCOC(=O)c2ccccc2)c1CCOC(=O)c1ccccc1.Cl.Cl. The van der Waals surface area contributed by atoms with Gasteiger partial charge in [-0.05, 0) is 74.7 Å². The van der Waals surface area contributed by atoms with Gasteiger partial charge in [0.1, 0.15) is 0 Å². The van der Waals surface area contributed by atoms with Gasteiger partial charge in [-0.25, -0.2) is 9.59 Å². The predicted octanol–water partition coefficient (Wildman–Crippen LogP) is 5.45. The van der Waals surface area contributed by atoms with E-state index in [2.05, 4.69) is 21.9 Å². The predicted molar refractivity (Wildman–Crippen MR) is 157 cm³/mol. The third kappa shape index (κ3) is 10.1. The van der Waals surface area contributed by atoms with Gasteiger partial charge in [0.2, 0.25) is 0 Å². The molecule has 38 heavy (non-hydrogen) atoms. The fourth-order valence-electron chi connectivity index (χ4n) is 4.20. The highest BCUT2D eigenvalue weighted by molar-refractivity contribution is 5.89. The maximum Gasteiger partial charge on any atom is 0.338 e. The molecule has 0 radical (unpaired) electrons. The lowest BCUT2D eigenvalue weighted by atomic mass is 9.91. The first-order valence-electron chi connectivity index (χ1n) is 12.2. The number of hydrogen-bond donors (Lipinski definition) is 0. The van der Waals surface area contributed by atoms with Crippen molar-refractivity contribution in [1.82, 2.24) is 9.80 Å². The largest absolute Gasteiger partial charge is 0.462 e. The molecule has 3 aromatic rings. The summed E-state index contributed by atoms with van der Waals surface area (Å²) >= 11 is 0. The van der Waals surface area contributed by atoms with Crippen LogP contribution in [0.2, 0.25) is 0 Å². The van der Waals surface area contributed by atoms with Gasteiger partial charge >= 0.3 is 11.9 Å². The second kappa shape index (κ2) is 16.8. The summed E-state index contributed by atoms with van der Waals surface area (Å²) < 4.78 is 11.2. The van der Waals surface area contributed by atoms with Gasteiger partial charge in [0, 0.05) is 25.9 Å². The van der Waals surface area contributed by atoms with Crippen LogP contribution in [0.1, 0.15) is 43.0 Å². The fraction of sp³-hybridized carbons (Fsp3) is 0.333. The maximum absolute atomic E-state index is 12.5. The van der Waals surface area contributed by atoms with Crippen molar-refractivity contribution in [1.29, 1.82) is 0 Å². The molecule has 0 aromatic heterocycles. The molecule has 0 bridgehead atoms. The molecule has 0 aliphatic heterocycles. The number of benzene rings is 3. The lowest BCUT2D eigenvalue weighted by Crippen LogP contribution is -2.20. The van der Waals surface area contributed by atoms with Gasteiger partial charge in [0.15, 0.2) is 0 Å². The summed E-state index contributed by atoms with van der Waals surface area (Å²) in [7, 11) is 8.14. The van der Waals surface area contributed by atoms with Gasteiger partial charge < -0.3 is 19.3 Å². The van der Waals surface area contributed by atoms with E-state index in [0.717, 1.165) is 24.2 Å². The van der Waals surface area contributed by atoms with Crippen LogP contribution in [0.15, 0.2) is 72.8 Å². The summed E-state index contributed by atoms with van der Waals surface area (Å²) in [5, 5.41) is 0. The lowest BCUT2D eigenvalue weighted by molar-refractivity contribution is 0.0494. The van der Waals surface area contributed by atoms with Crippen molar-refractivity contribution in [2.24, 2.45) is 0 Å². The van der Waals surface area contributed by atoms with Gasteiger partial charge in [-0.2, -0.15) is 0 Å². The van der Waals surface area contributed by atoms with E-state index in [1.165, 1.54) is 11.1 Å². The Labute approximate surface area is 238 Å². The van der Waals surface area contributed by atoms with Crippen molar-refractivity contribution in [2.45, 2.75) is 25.9 Å². The van der Waals surface area contributed by atoms with Gasteiger partial charge in [-0.1, -0.05) is 48.5 Å². The van der Waals surface area contributed by atoms with Crippen LogP contribution in [0.25, 0.3) is 0 Å². The highest BCUT2D eigenvalue weighted by Crippen LogP contribution is 2.24. The number of ether oxygens (including phenoxy) is 2. The van der Waals surface area contributed by atoms with Gasteiger partial charge in [-0.15, -0.1) is 24.8 Å². The topological polar surface area (TPSA) is 59.1 Å². The van der Waals surface area contributed by atoms with Gasteiger partial charge in [0.25, 0.3) is 0 Å². The molecule has 0 fully saturated rings. The molecular formula is C30H38Cl2N2O4. The Bertz CT molecular complexity index is 1050. The van der Waals surface area contributed by atoms with Crippen molar-refractivity contribution in [3.63, 3.8) is 0 Å². The quantitative estimate of drug-likeness (QED) is 0.274. The molecule has 0 saturated carbocycles. The van der Waals surface area contributed by atoms with Crippen molar-refractivity contribution in [3.8, 4) is 0 Å². The van der Waals surface area contributed by atoms with E-state index < -0.39 is 0 Å². The Hall–Kier alpha value is -2.90. The van der Waals surface area contributed by atoms with Crippen molar-refractivity contribution >= 4 is 36.8 Å². The van der Waals surface area contributed by atoms with E-state index in [1.807, 2.05) is 64.6 Å². The minimum absolute atomic E-state index is 0. The zero-order valence-corrected chi connectivity index (χ0v) is 24.1. The molecule has 0 saturated heterocycles. The summed E-state index contributed by atoms with van der Waals surface area (Å²) in [6.45, 7) is 2.08. The highest BCUT2D eigenvalue weighted by Gasteiger charge is 2.17. The van der Waals surface area contributed by atoms with Crippen LogP contribution in [-0.2, 0) is 35.4 Å². The number of carbonyl (C=O) groups is 2. The van der Waals surface area contributed by atoms with E-state index in [0.29, 0.717) is 24.0 Å². The summed E-state index contributed by atoms with van der Waals surface area (Å²) in [6.07, 6.45) is 1.18.